The van der Waals surface area contributed by atoms with Crippen LogP contribution in [0.4, 0.5) is 0 Å². The van der Waals surface area contributed by atoms with Crippen molar-refractivity contribution in [3.05, 3.63) is 0 Å². The molecule has 0 bridgehead atoms. The molecule has 1 unspecified atom stereocenters. The molecule has 0 aromatic heterocycles. The summed E-state index contributed by atoms with van der Waals surface area (Å²) in [6.45, 7) is 2.36. The van der Waals surface area contributed by atoms with Crippen LogP contribution in [-0.4, -0.2) is 43.6 Å². The standard InChI is InChI=1S/C6H13N3O.2ClH/c1-9-2-3-10-5(4-9)6(7)8;;/h5H,2-4H2,1H3,(H3,7,8);2*1H. The van der Waals surface area contributed by atoms with Crippen molar-refractivity contribution in [2.45, 2.75) is 6.10 Å². The smallest absolute Gasteiger partial charge is 0.127 e. The number of nitrogens with two attached hydrogens (primary N) is 1. The minimum absolute atomic E-state index is 0. The van der Waals surface area contributed by atoms with Gasteiger partial charge in [-0.05, 0) is 7.05 Å². The largest absolute Gasteiger partial charge is 0.385 e. The third-order valence-corrected chi connectivity index (χ3v) is 1.62. The van der Waals surface area contributed by atoms with Gasteiger partial charge in [0.05, 0.1) is 6.61 Å². The van der Waals surface area contributed by atoms with Crippen molar-refractivity contribution in [1.82, 2.24) is 4.90 Å². The predicted molar refractivity (Wildman–Crippen MR) is 53.6 cm³/mol. The number of hydrogen-bond acceptors (Lipinski definition) is 3. The number of halogens is 2. The zero-order chi connectivity index (χ0) is 7.56. The Hall–Kier alpha value is -0.0300. The molecule has 12 heavy (non-hydrogen) atoms. The molecule has 0 aromatic carbocycles. The van der Waals surface area contributed by atoms with Crippen molar-refractivity contribution in [2.75, 3.05) is 26.7 Å². The Morgan fingerprint density at radius 2 is 2.17 bits per heavy atom. The van der Waals surface area contributed by atoms with Crippen LogP contribution in [0.25, 0.3) is 0 Å². The van der Waals surface area contributed by atoms with Gasteiger partial charge in [-0.25, -0.2) is 0 Å². The van der Waals surface area contributed by atoms with Crippen LogP contribution in [0.1, 0.15) is 0 Å². The molecule has 0 saturated carbocycles. The first-order chi connectivity index (χ1) is 4.70. The number of amidine groups is 1. The molecular formula is C6H15Cl2N3O. The molecule has 1 aliphatic heterocycles. The second-order valence-corrected chi connectivity index (χ2v) is 2.58. The summed E-state index contributed by atoms with van der Waals surface area (Å²) in [6, 6.07) is 0. The van der Waals surface area contributed by atoms with Gasteiger partial charge in [0.15, 0.2) is 0 Å². The first-order valence-corrected chi connectivity index (χ1v) is 3.34. The normalized spacial score (nSPS) is 23.6. The summed E-state index contributed by atoms with van der Waals surface area (Å²) in [7, 11) is 2.00. The summed E-state index contributed by atoms with van der Waals surface area (Å²) >= 11 is 0. The molecule has 0 aromatic rings. The first-order valence-electron chi connectivity index (χ1n) is 3.34. The molecule has 0 radical (unpaired) electrons. The summed E-state index contributed by atoms with van der Waals surface area (Å²) in [5.41, 5.74) is 5.26. The molecule has 4 nitrogen and oxygen atoms in total. The number of ether oxygens (including phenoxy) is 1. The van der Waals surface area contributed by atoms with Gasteiger partial charge in [0.2, 0.25) is 0 Å². The zero-order valence-corrected chi connectivity index (χ0v) is 8.58. The lowest BCUT2D eigenvalue weighted by Crippen LogP contribution is -2.46. The minimum atomic E-state index is -0.182. The van der Waals surface area contributed by atoms with E-state index in [1.165, 1.54) is 0 Å². The maximum absolute atomic E-state index is 7.10. The molecule has 1 rings (SSSR count). The monoisotopic (exact) mass is 215 g/mol. The minimum Gasteiger partial charge on any atom is -0.385 e. The predicted octanol–water partition coefficient (Wildman–Crippen LogP) is 0.0966. The molecule has 3 N–H and O–H groups in total. The molecule has 6 heteroatoms. The fourth-order valence-corrected chi connectivity index (χ4v) is 0.966. The molecule has 1 heterocycles. The summed E-state index contributed by atoms with van der Waals surface area (Å²) in [4.78, 5) is 2.11. The lowest BCUT2D eigenvalue weighted by atomic mass is 10.3. The first kappa shape index (κ1) is 14.5. The van der Waals surface area contributed by atoms with E-state index in [2.05, 4.69) is 4.90 Å². The number of likely N-dealkylation sites (N-methyl/N-ethyl adjacent to an activating group) is 1. The van der Waals surface area contributed by atoms with Crippen LogP contribution in [0, 0.1) is 5.41 Å². The van der Waals surface area contributed by atoms with Crippen molar-refractivity contribution >= 4 is 30.6 Å². The molecule has 0 spiro atoms. The molecule has 1 aliphatic rings. The molecule has 1 fully saturated rings. The van der Waals surface area contributed by atoms with Gasteiger partial charge in [0.25, 0.3) is 0 Å². The molecular weight excluding hydrogens is 201 g/mol. The van der Waals surface area contributed by atoms with Crippen molar-refractivity contribution in [1.29, 1.82) is 5.41 Å². The summed E-state index contributed by atoms with van der Waals surface area (Å²) in [5, 5.41) is 7.10. The van der Waals surface area contributed by atoms with Crippen LogP contribution in [0.5, 0.6) is 0 Å². The van der Waals surface area contributed by atoms with Gasteiger partial charge in [-0.2, -0.15) is 0 Å². The fraction of sp³-hybridized carbons (Fsp3) is 0.833. The average molecular weight is 216 g/mol. The number of rotatable bonds is 1. The van der Waals surface area contributed by atoms with Gasteiger partial charge in [0, 0.05) is 13.1 Å². The topological polar surface area (TPSA) is 62.3 Å². The van der Waals surface area contributed by atoms with Gasteiger partial charge in [0.1, 0.15) is 11.9 Å². The number of nitrogens with zero attached hydrogens (tertiary/aromatic N) is 1. The second kappa shape index (κ2) is 6.48. The van der Waals surface area contributed by atoms with E-state index >= 15 is 0 Å². The third kappa shape index (κ3) is 4.11. The lowest BCUT2D eigenvalue weighted by Gasteiger charge is -2.28. The van der Waals surface area contributed by atoms with E-state index in [-0.39, 0.29) is 36.8 Å². The highest BCUT2D eigenvalue weighted by Gasteiger charge is 2.19. The van der Waals surface area contributed by atoms with E-state index in [9.17, 15) is 0 Å². The Morgan fingerprint density at radius 1 is 1.58 bits per heavy atom. The number of nitrogens with one attached hydrogen (secondary N) is 1. The van der Waals surface area contributed by atoms with E-state index in [1.807, 2.05) is 7.05 Å². The Balaban J connectivity index is 0. The highest BCUT2D eigenvalue weighted by Crippen LogP contribution is 2.01. The summed E-state index contributed by atoms with van der Waals surface area (Å²) in [6.07, 6.45) is -0.182. The molecule has 74 valence electrons. The van der Waals surface area contributed by atoms with Gasteiger partial charge in [-0.1, -0.05) is 0 Å². The Kier molecular flexibility index (Phi) is 7.83. The van der Waals surface area contributed by atoms with Crippen LogP contribution < -0.4 is 5.73 Å². The quantitative estimate of drug-likeness (QED) is 0.482. The summed E-state index contributed by atoms with van der Waals surface area (Å²) < 4.78 is 5.22. The van der Waals surface area contributed by atoms with Crippen LogP contribution in [-0.2, 0) is 4.74 Å². The Morgan fingerprint density at radius 3 is 2.50 bits per heavy atom. The maximum atomic E-state index is 7.10. The van der Waals surface area contributed by atoms with Crippen molar-refractivity contribution in [3.63, 3.8) is 0 Å². The molecule has 0 aliphatic carbocycles. The lowest BCUT2D eigenvalue weighted by molar-refractivity contribution is 0.0164. The van der Waals surface area contributed by atoms with E-state index < -0.39 is 0 Å². The SMILES string of the molecule is CN1CCOC(C(=N)N)C1.Cl.Cl. The fourth-order valence-electron chi connectivity index (χ4n) is 0.966. The van der Waals surface area contributed by atoms with E-state index in [0.717, 1.165) is 13.1 Å². The van der Waals surface area contributed by atoms with Crippen LogP contribution in [0.2, 0.25) is 0 Å². The van der Waals surface area contributed by atoms with Gasteiger partial charge >= 0.3 is 0 Å². The van der Waals surface area contributed by atoms with Crippen LogP contribution in [0.15, 0.2) is 0 Å². The molecule has 0 amide bonds. The molecule has 1 atom stereocenters. The van der Waals surface area contributed by atoms with Crippen molar-refractivity contribution in [2.24, 2.45) is 5.73 Å². The Bertz CT molecular complexity index is 145. The van der Waals surface area contributed by atoms with Gasteiger partial charge < -0.3 is 15.4 Å². The maximum Gasteiger partial charge on any atom is 0.127 e. The Labute approximate surface area is 84.8 Å². The van der Waals surface area contributed by atoms with E-state index in [4.69, 9.17) is 15.9 Å². The molecule has 1 saturated heterocycles. The number of morpholine rings is 1. The van der Waals surface area contributed by atoms with Gasteiger partial charge in [-0.3, -0.25) is 5.41 Å². The third-order valence-electron chi connectivity index (χ3n) is 1.62. The highest BCUT2D eigenvalue weighted by molar-refractivity contribution is 5.85. The number of hydrogen-bond donors (Lipinski definition) is 2. The average Bonchev–Trinajstić information content (AvgIpc) is 1.88. The second-order valence-electron chi connectivity index (χ2n) is 2.58. The van der Waals surface area contributed by atoms with Crippen molar-refractivity contribution in [3.8, 4) is 0 Å². The van der Waals surface area contributed by atoms with Gasteiger partial charge in [-0.15, -0.1) is 24.8 Å². The van der Waals surface area contributed by atoms with Crippen LogP contribution in [0.3, 0.4) is 0 Å². The van der Waals surface area contributed by atoms with E-state index in [0.29, 0.717) is 6.61 Å². The van der Waals surface area contributed by atoms with Crippen molar-refractivity contribution < 1.29 is 4.74 Å². The summed E-state index contributed by atoms with van der Waals surface area (Å²) in [5.74, 6) is 0.131. The highest BCUT2D eigenvalue weighted by atomic mass is 35.5. The van der Waals surface area contributed by atoms with E-state index in [1.54, 1.807) is 0 Å². The van der Waals surface area contributed by atoms with Crippen LogP contribution >= 0.6 is 24.8 Å². The zero-order valence-electron chi connectivity index (χ0n) is 6.95.